The van der Waals surface area contributed by atoms with Crippen LogP contribution in [0, 0.1) is 11.6 Å². The zero-order valence-corrected chi connectivity index (χ0v) is 20.7. The fourth-order valence-corrected chi connectivity index (χ4v) is 6.79. The van der Waals surface area contributed by atoms with Gasteiger partial charge in [0.2, 0.25) is 15.9 Å². The average molecular weight is 571 g/mol. The van der Waals surface area contributed by atoms with E-state index in [4.69, 9.17) is 0 Å². The van der Waals surface area contributed by atoms with Crippen molar-refractivity contribution in [3.05, 3.63) is 77.8 Å². The molecule has 3 aromatic rings. The number of nitrogens with zero attached hydrogens (tertiary/aromatic N) is 3. The molecule has 39 heavy (non-hydrogen) atoms. The molecule has 7 nitrogen and oxygen atoms in total. The van der Waals surface area contributed by atoms with Gasteiger partial charge in [-0.15, -0.1) is 0 Å². The quantitative estimate of drug-likeness (QED) is 0.444. The minimum atomic E-state index is -4.70. The van der Waals surface area contributed by atoms with Crippen molar-refractivity contribution in [2.45, 2.75) is 54.6 Å². The number of benzene rings is 2. The Morgan fingerprint density at radius 1 is 1.03 bits per heavy atom. The molecule has 1 aliphatic carbocycles. The summed E-state index contributed by atoms with van der Waals surface area (Å²) in [5, 5.41) is 2.50. The van der Waals surface area contributed by atoms with Crippen molar-refractivity contribution in [1.82, 2.24) is 19.6 Å². The summed E-state index contributed by atoms with van der Waals surface area (Å²) in [6.45, 7) is -0.289. The number of nitrogens with one attached hydrogen (secondary N) is 1. The van der Waals surface area contributed by atoms with Crippen molar-refractivity contribution >= 4 is 15.9 Å². The van der Waals surface area contributed by atoms with Crippen molar-refractivity contribution in [2.24, 2.45) is 0 Å². The van der Waals surface area contributed by atoms with E-state index in [0.29, 0.717) is 6.20 Å². The first-order valence-electron chi connectivity index (χ1n) is 11.7. The molecule has 1 saturated heterocycles. The van der Waals surface area contributed by atoms with Gasteiger partial charge in [0.15, 0.2) is 5.69 Å². The van der Waals surface area contributed by atoms with Gasteiger partial charge >= 0.3 is 6.18 Å². The molecule has 1 saturated carbocycles. The third-order valence-corrected chi connectivity index (χ3v) is 8.84. The zero-order chi connectivity index (χ0) is 28.2. The Bertz CT molecular complexity index is 1510. The molecule has 5 rings (SSSR count). The van der Waals surface area contributed by atoms with Crippen LogP contribution in [0.2, 0.25) is 0 Å². The summed E-state index contributed by atoms with van der Waals surface area (Å²) in [6, 6.07) is 6.07. The SMILES string of the molecule is O=C(NCc1cc(F)cc(-c2cnc(C(F)(F)F)cn2)c1)[C@@H]1C[C@@H](F)C2(CC2)N1S(=O)(=O)c1ccc(F)cc1. The summed E-state index contributed by atoms with van der Waals surface area (Å²) < 4.78 is 109. The van der Waals surface area contributed by atoms with E-state index in [1.165, 1.54) is 6.07 Å². The number of carbonyl (C=O) groups excluding carboxylic acids is 1. The minimum absolute atomic E-state index is 0.0432. The van der Waals surface area contributed by atoms with Crippen LogP contribution in [0.25, 0.3) is 11.3 Å². The van der Waals surface area contributed by atoms with E-state index >= 15 is 4.39 Å². The predicted molar refractivity (Wildman–Crippen MR) is 125 cm³/mol. The number of alkyl halides is 4. The minimum Gasteiger partial charge on any atom is -0.351 e. The van der Waals surface area contributed by atoms with Crippen LogP contribution in [0.5, 0.6) is 0 Å². The van der Waals surface area contributed by atoms with Gasteiger partial charge < -0.3 is 5.32 Å². The number of aromatic nitrogens is 2. The number of amides is 1. The lowest BCUT2D eigenvalue weighted by Gasteiger charge is -2.29. The lowest BCUT2D eigenvalue weighted by molar-refractivity contribution is -0.141. The molecule has 1 aliphatic heterocycles. The van der Waals surface area contributed by atoms with Crippen molar-refractivity contribution in [3.8, 4) is 11.3 Å². The van der Waals surface area contributed by atoms with E-state index < -0.39 is 57.2 Å². The van der Waals surface area contributed by atoms with Crippen LogP contribution < -0.4 is 5.32 Å². The molecule has 0 unspecified atom stereocenters. The molecule has 1 aromatic heterocycles. The molecule has 14 heteroatoms. The summed E-state index contributed by atoms with van der Waals surface area (Å²) in [7, 11) is -4.36. The highest BCUT2D eigenvalue weighted by atomic mass is 32.2. The zero-order valence-electron chi connectivity index (χ0n) is 19.9. The van der Waals surface area contributed by atoms with Crippen LogP contribution in [0.1, 0.15) is 30.5 Å². The van der Waals surface area contributed by atoms with Gasteiger partial charge in [0.25, 0.3) is 0 Å². The Morgan fingerprint density at radius 2 is 1.72 bits per heavy atom. The maximum Gasteiger partial charge on any atom is 0.434 e. The third kappa shape index (κ3) is 5.10. The van der Waals surface area contributed by atoms with Gasteiger partial charge in [-0.25, -0.2) is 26.6 Å². The largest absolute Gasteiger partial charge is 0.434 e. The van der Waals surface area contributed by atoms with E-state index in [9.17, 15) is 35.2 Å². The Kier molecular flexibility index (Phi) is 6.66. The van der Waals surface area contributed by atoms with E-state index in [1.807, 2.05) is 0 Å². The Labute approximate surface area is 218 Å². The Morgan fingerprint density at radius 3 is 2.31 bits per heavy atom. The number of rotatable bonds is 6. The molecule has 1 N–H and O–H groups in total. The maximum absolute atomic E-state index is 15.0. The molecule has 2 aliphatic rings. The summed E-state index contributed by atoms with van der Waals surface area (Å²) in [4.78, 5) is 19.8. The Hall–Kier alpha value is -3.52. The smallest absolute Gasteiger partial charge is 0.351 e. The van der Waals surface area contributed by atoms with Gasteiger partial charge in [-0.1, -0.05) is 0 Å². The molecule has 2 aromatic carbocycles. The molecule has 2 atom stereocenters. The van der Waals surface area contributed by atoms with E-state index in [1.54, 1.807) is 0 Å². The Balaban J connectivity index is 1.36. The summed E-state index contributed by atoms with van der Waals surface area (Å²) in [5.74, 6) is -2.24. The van der Waals surface area contributed by atoms with E-state index in [0.717, 1.165) is 46.9 Å². The van der Waals surface area contributed by atoms with Crippen LogP contribution in [0.15, 0.2) is 59.8 Å². The summed E-state index contributed by atoms with van der Waals surface area (Å²) in [6.07, 6.45) is -4.88. The number of halogens is 6. The van der Waals surface area contributed by atoms with Gasteiger partial charge in [0, 0.05) is 18.5 Å². The number of sulfonamides is 1. The van der Waals surface area contributed by atoms with Crippen LogP contribution >= 0.6 is 0 Å². The van der Waals surface area contributed by atoms with Gasteiger partial charge in [-0.2, -0.15) is 17.5 Å². The second kappa shape index (κ2) is 9.59. The van der Waals surface area contributed by atoms with E-state index in [-0.39, 0.29) is 47.5 Å². The number of hydrogen-bond donors (Lipinski definition) is 1. The molecule has 1 amide bonds. The molecule has 0 bridgehead atoms. The maximum atomic E-state index is 15.0. The van der Waals surface area contributed by atoms with Gasteiger partial charge in [0.05, 0.1) is 28.5 Å². The van der Waals surface area contributed by atoms with E-state index in [2.05, 4.69) is 15.3 Å². The van der Waals surface area contributed by atoms with Crippen LogP contribution in [-0.4, -0.2) is 46.4 Å². The fraction of sp³-hybridized carbons (Fsp3) is 0.320. The van der Waals surface area contributed by atoms with Crippen molar-refractivity contribution in [2.75, 3.05) is 0 Å². The average Bonchev–Trinajstić information content (AvgIpc) is 3.61. The predicted octanol–water partition coefficient (Wildman–Crippen LogP) is 4.39. The first-order valence-corrected chi connectivity index (χ1v) is 13.2. The molecular formula is C25H20F6N4O3S. The van der Waals surface area contributed by atoms with Crippen LogP contribution in [0.3, 0.4) is 0 Å². The van der Waals surface area contributed by atoms with Crippen molar-refractivity contribution < 1.29 is 39.6 Å². The lowest BCUT2D eigenvalue weighted by atomic mass is 10.1. The summed E-state index contributed by atoms with van der Waals surface area (Å²) >= 11 is 0. The van der Waals surface area contributed by atoms with Gasteiger partial charge in [-0.05, 0) is 60.9 Å². The molecule has 2 fully saturated rings. The van der Waals surface area contributed by atoms with Crippen molar-refractivity contribution in [1.29, 1.82) is 0 Å². The topological polar surface area (TPSA) is 92.3 Å². The van der Waals surface area contributed by atoms with Crippen LogP contribution in [-0.2, 0) is 27.5 Å². The molecular weight excluding hydrogens is 550 g/mol. The molecule has 0 radical (unpaired) electrons. The van der Waals surface area contributed by atoms with Gasteiger partial charge in [-0.3, -0.25) is 9.78 Å². The standard InChI is InChI=1S/C25H20F6N4O3S/c26-16-1-3-18(4-2-16)39(37,38)35-20(10-21(28)24(35)5-6-24)23(36)34-11-14-7-15(9-17(27)8-14)19-12-33-22(13-32-19)25(29,30)31/h1-4,7-9,12-13,20-21H,5-6,10-11H2,(H,34,36)/t20-,21+/m0/s1. The second-order valence-corrected chi connectivity index (χ2v) is 11.2. The molecule has 1 spiro atoms. The third-order valence-electron chi connectivity index (χ3n) is 6.83. The highest BCUT2D eigenvalue weighted by Crippen LogP contribution is 2.55. The van der Waals surface area contributed by atoms with Crippen LogP contribution in [0.4, 0.5) is 26.3 Å². The molecule has 206 valence electrons. The fourth-order valence-electron chi connectivity index (χ4n) is 4.79. The second-order valence-electron chi connectivity index (χ2n) is 9.43. The first kappa shape index (κ1) is 27.1. The molecule has 2 heterocycles. The monoisotopic (exact) mass is 570 g/mol. The number of carbonyl (C=O) groups is 1. The highest BCUT2D eigenvalue weighted by Gasteiger charge is 2.67. The van der Waals surface area contributed by atoms with Gasteiger partial charge in [0.1, 0.15) is 23.8 Å². The number of hydrogen-bond acceptors (Lipinski definition) is 5. The first-order chi connectivity index (χ1) is 18.3. The van der Waals surface area contributed by atoms with Crippen molar-refractivity contribution in [3.63, 3.8) is 0 Å². The summed E-state index contributed by atoms with van der Waals surface area (Å²) in [5.41, 5.74) is -2.32. The highest BCUT2D eigenvalue weighted by molar-refractivity contribution is 7.89. The lowest BCUT2D eigenvalue weighted by Crippen LogP contribution is -2.50. The normalized spacial score (nSPS) is 20.8.